The molecule has 2 aromatic rings. The summed E-state index contributed by atoms with van der Waals surface area (Å²) in [6.45, 7) is 4.65. The van der Waals surface area contributed by atoms with Crippen molar-refractivity contribution in [3.8, 4) is 0 Å². The zero-order valence-corrected chi connectivity index (χ0v) is 18.2. The van der Waals surface area contributed by atoms with Gasteiger partial charge in [0.05, 0.1) is 4.90 Å². The highest BCUT2D eigenvalue weighted by Crippen LogP contribution is 2.33. The lowest BCUT2D eigenvalue weighted by Gasteiger charge is -2.23. The number of hydrogen-bond donors (Lipinski definition) is 1. The maximum Gasteiger partial charge on any atom is 0.251 e. The van der Waals surface area contributed by atoms with Crippen molar-refractivity contribution in [1.29, 1.82) is 0 Å². The van der Waals surface area contributed by atoms with Gasteiger partial charge in [0.1, 0.15) is 5.82 Å². The van der Waals surface area contributed by atoms with E-state index < -0.39 is 9.84 Å². The Balaban J connectivity index is 1.78. The van der Waals surface area contributed by atoms with Gasteiger partial charge in [-0.25, -0.2) is 12.8 Å². The van der Waals surface area contributed by atoms with E-state index in [1.807, 2.05) is 0 Å². The monoisotopic (exact) mass is 436 g/mol. The predicted molar refractivity (Wildman–Crippen MR) is 113 cm³/mol. The molecule has 1 saturated heterocycles. The minimum Gasteiger partial charge on any atom is -0.350 e. The van der Waals surface area contributed by atoms with Crippen LogP contribution in [0.1, 0.15) is 30.1 Å². The van der Waals surface area contributed by atoms with Gasteiger partial charge in [-0.05, 0) is 68.4 Å². The van der Waals surface area contributed by atoms with E-state index in [-0.39, 0.29) is 16.6 Å². The van der Waals surface area contributed by atoms with Crippen LogP contribution < -0.4 is 5.32 Å². The topological polar surface area (TPSA) is 66.5 Å². The molecule has 5 nitrogen and oxygen atoms in total. The summed E-state index contributed by atoms with van der Waals surface area (Å²) < 4.78 is 37.7. The zero-order valence-electron chi connectivity index (χ0n) is 16.5. The number of nitrogens with one attached hydrogen (secondary N) is 1. The Morgan fingerprint density at radius 1 is 1.24 bits per heavy atom. The number of benzene rings is 2. The van der Waals surface area contributed by atoms with E-state index in [4.69, 9.17) is 0 Å². The summed E-state index contributed by atoms with van der Waals surface area (Å²) in [5.74, 6) is -0.634. The first kappa shape index (κ1) is 21.8. The second kappa shape index (κ2) is 9.28. The van der Waals surface area contributed by atoms with E-state index in [1.165, 1.54) is 30.0 Å². The third kappa shape index (κ3) is 5.58. The molecule has 156 valence electrons. The number of sulfone groups is 1. The number of nitrogens with zero attached hydrogens (tertiary/aromatic N) is 1. The van der Waals surface area contributed by atoms with Gasteiger partial charge in [0, 0.05) is 34.2 Å². The molecule has 1 fully saturated rings. The van der Waals surface area contributed by atoms with Crippen LogP contribution in [-0.4, -0.2) is 51.2 Å². The molecule has 0 saturated carbocycles. The van der Waals surface area contributed by atoms with Gasteiger partial charge >= 0.3 is 0 Å². The van der Waals surface area contributed by atoms with Crippen LogP contribution in [0.3, 0.4) is 0 Å². The van der Waals surface area contributed by atoms with Crippen molar-refractivity contribution in [2.45, 2.75) is 40.5 Å². The molecule has 29 heavy (non-hydrogen) atoms. The molecule has 1 heterocycles. The number of likely N-dealkylation sites (tertiary alicyclic amines) is 1. The van der Waals surface area contributed by atoms with Crippen molar-refractivity contribution < 1.29 is 17.6 Å². The van der Waals surface area contributed by atoms with Crippen molar-refractivity contribution in [2.24, 2.45) is 0 Å². The van der Waals surface area contributed by atoms with Gasteiger partial charge in [-0.1, -0.05) is 18.7 Å². The second-order valence-electron chi connectivity index (χ2n) is 7.12. The highest BCUT2D eigenvalue weighted by molar-refractivity contribution is 8.00. The number of likely N-dealkylation sites (N-methyl/N-ethyl adjacent to an activating group) is 1. The first-order valence-corrected chi connectivity index (χ1v) is 12.3. The molecule has 0 aliphatic carbocycles. The van der Waals surface area contributed by atoms with Crippen molar-refractivity contribution in [3.05, 3.63) is 53.8 Å². The van der Waals surface area contributed by atoms with Gasteiger partial charge in [-0.3, -0.25) is 9.69 Å². The SMILES string of the molecule is CCN1CCCC1CNC(=O)c1ccc(Sc2ccc(F)cc2)c(S(C)(=O)=O)c1. The van der Waals surface area contributed by atoms with Gasteiger partial charge in [0.25, 0.3) is 5.91 Å². The molecule has 0 radical (unpaired) electrons. The summed E-state index contributed by atoms with van der Waals surface area (Å²) in [6.07, 6.45) is 3.30. The van der Waals surface area contributed by atoms with Crippen LogP contribution in [0.2, 0.25) is 0 Å². The van der Waals surface area contributed by atoms with E-state index >= 15 is 0 Å². The summed E-state index contributed by atoms with van der Waals surface area (Å²) in [5, 5.41) is 2.94. The molecule has 0 bridgehead atoms. The van der Waals surface area contributed by atoms with Gasteiger partial charge in [-0.2, -0.15) is 0 Å². The third-order valence-corrected chi connectivity index (χ3v) is 7.40. The molecule has 1 aliphatic rings. The van der Waals surface area contributed by atoms with E-state index in [9.17, 15) is 17.6 Å². The van der Waals surface area contributed by atoms with Crippen LogP contribution in [0.5, 0.6) is 0 Å². The Bertz CT molecular complexity index is 978. The van der Waals surface area contributed by atoms with Crippen LogP contribution in [0.25, 0.3) is 0 Å². The molecular weight excluding hydrogens is 411 g/mol. The van der Waals surface area contributed by atoms with E-state index in [0.29, 0.717) is 23.0 Å². The first-order valence-electron chi connectivity index (χ1n) is 9.57. The summed E-state index contributed by atoms with van der Waals surface area (Å²) in [5.41, 5.74) is 0.315. The molecule has 0 spiro atoms. The highest BCUT2D eigenvalue weighted by atomic mass is 32.2. The molecule has 1 aliphatic heterocycles. The van der Waals surface area contributed by atoms with Crippen LogP contribution >= 0.6 is 11.8 Å². The normalized spacial score (nSPS) is 17.4. The standard InChI is InChI=1S/C21H25FN2O3S2/c1-3-24-12-4-5-17(24)14-23-21(25)15-6-11-19(20(13-15)29(2,26)27)28-18-9-7-16(22)8-10-18/h6-11,13,17H,3-5,12,14H2,1-2H3,(H,23,25). The first-order chi connectivity index (χ1) is 13.8. The molecule has 8 heteroatoms. The van der Waals surface area contributed by atoms with Crippen LogP contribution in [-0.2, 0) is 9.84 Å². The van der Waals surface area contributed by atoms with Gasteiger partial charge < -0.3 is 5.32 Å². The molecule has 1 atom stereocenters. The lowest BCUT2D eigenvalue weighted by atomic mass is 10.2. The summed E-state index contributed by atoms with van der Waals surface area (Å²) >= 11 is 1.22. The summed E-state index contributed by atoms with van der Waals surface area (Å²) in [6, 6.07) is 10.8. The smallest absolute Gasteiger partial charge is 0.251 e. The number of amides is 1. The van der Waals surface area contributed by atoms with Gasteiger partial charge in [-0.15, -0.1) is 0 Å². The average molecular weight is 437 g/mol. The van der Waals surface area contributed by atoms with Gasteiger partial charge in [0.2, 0.25) is 0 Å². The van der Waals surface area contributed by atoms with Crippen LogP contribution in [0.4, 0.5) is 4.39 Å². The maximum atomic E-state index is 13.1. The Kier molecular flexibility index (Phi) is 6.97. The van der Waals surface area contributed by atoms with E-state index in [0.717, 1.165) is 37.1 Å². The quantitative estimate of drug-likeness (QED) is 0.719. The Morgan fingerprint density at radius 2 is 1.97 bits per heavy atom. The minimum absolute atomic E-state index is 0.0931. The molecule has 1 unspecified atom stereocenters. The second-order valence-corrected chi connectivity index (χ2v) is 10.2. The predicted octanol–water partition coefficient (Wildman–Crippen LogP) is 3.59. The largest absolute Gasteiger partial charge is 0.350 e. The van der Waals surface area contributed by atoms with Crippen molar-refractivity contribution in [3.63, 3.8) is 0 Å². The molecule has 1 amide bonds. The Morgan fingerprint density at radius 3 is 2.62 bits per heavy atom. The fourth-order valence-electron chi connectivity index (χ4n) is 3.51. The molecule has 3 rings (SSSR count). The summed E-state index contributed by atoms with van der Waals surface area (Å²) in [4.78, 5) is 16.3. The summed E-state index contributed by atoms with van der Waals surface area (Å²) in [7, 11) is -3.54. The highest BCUT2D eigenvalue weighted by Gasteiger charge is 2.24. The molecule has 0 aromatic heterocycles. The fourth-order valence-corrected chi connectivity index (χ4v) is 5.68. The van der Waals surface area contributed by atoms with E-state index in [2.05, 4.69) is 17.1 Å². The average Bonchev–Trinajstić information content (AvgIpc) is 3.15. The van der Waals surface area contributed by atoms with Crippen LogP contribution in [0.15, 0.2) is 57.2 Å². The van der Waals surface area contributed by atoms with Crippen molar-refractivity contribution in [2.75, 3.05) is 25.9 Å². The number of carbonyl (C=O) groups is 1. The number of rotatable bonds is 7. The fraction of sp³-hybridized carbons (Fsp3) is 0.381. The lowest BCUT2D eigenvalue weighted by Crippen LogP contribution is -2.40. The van der Waals surface area contributed by atoms with Crippen molar-refractivity contribution in [1.82, 2.24) is 10.2 Å². The lowest BCUT2D eigenvalue weighted by molar-refractivity contribution is 0.0941. The number of halogens is 1. The van der Waals surface area contributed by atoms with Gasteiger partial charge in [0.15, 0.2) is 9.84 Å². The maximum absolute atomic E-state index is 13.1. The van der Waals surface area contributed by atoms with Crippen LogP contribution in [0, 0.1) is 5.82 Å². The Hall–Kier alpha value is -1.90. The third-order valence-electron chi connectivity index (χ3n) is 5.05. The molecule has 2 aromatic carbocycles. The molecular formula is C21H25FN2O3S2. The van der Waals surface area contributed by atoms with Crippen molar-refractivity contribution >= 4 is 27.5 Å². The minimum atomic E-state index is -3.54. The zero-order chi connectivity index (χ0) is 21.0. The molecule has 1 N–H and O–H groups in total. The Labute approximate surface area is 175 Å². The number of carbonyl (C=O) groups excluding carboxylic acids is 1. The number of hydrogen-bond acceptors (Lipinski definition) is 5. The van der Waals surface area contributed by atoms with E-state index in [1.54, 1.807) is 24.3 Å².